The number of hydrogen-bond donors (Lipinski definition) is 1. The third-order valence-corrected chi connectivity index (χ3v) is 3.45. The number of para-hydroxylation sites is 1. The average molecular weight is 223 g/mol. The second-order valence-corrected chi connectivity index (χ2v) is 4.65. The molecule has 3 heteroatoms. The fraction of sp³-hybridized carbons (Fsp3) is 0.538. The molecule has 0 saturated heterocycles. The van der Waals surface area contributed by atoms with Crippen molar-refractivity contribution in [3.05, 3.63) is 29.6 Å². The molecule has 1 aromatic rings. The van der Waals surface area contributed by atoms with Crippen LogP contribution < -0.4 is 10.5 Å². The molecule has 1 saturated carbocycles. The number of nitrogens with two attached hydrogens (primary N) is 1. The van der Waals surface area contributed by atoms with Crippen LogP contribution in [0.2, 0.25) is 0 Å². The predicted octanol–water partition coefficient (Wildman–Crippen LogP) is 2.51. The Morgan fingerprint density at radius 1 is 1.44 bits per heavy atom. The zero-order chi connectivity index (χ0) is 11.6. The highest BCUT2D eigenvalue weighted by Gasteiger charge is 2.42. The largest absolute Gasteiger partial charge is 0.493 e. The highest BCUT2D eigenvalue weighted by molar-refractivity contribution is 5.36. The fourth-order valence-electron chi connectivity index (χ4n) is 2.32. The maximum Gasteiger partial charge on any atom is 0.165 e. The van der Waals surface area contributed by atoms with Crippen LogP contribution >= 0.6 is 0 Å². The Morgan fingerprint density at radius 3 is 2.75 bits per heavy atom. The van der Waals surface area contributed by atoms with Gasteiger partial charge in [0, 0.05) is 0 Å². The summed E-state index contributed by atoms with van der Waals surface area (Å²) in [6.45, 7) is 0.706. The molecule has 88 valence electrons. The Bertz CT molecular complexity index is 374. The lowest BCUT2D eigenvalue weighted by Crippen LogP contribution is -2.12. The molecule has 1 fully saturated rings. The van der Waals surface area contributed by atoms with Gasteiger partial charge in [-0.25, -0.2) is 4.39 Å². The van der Waals surface area contributed by atoms with Crippen LogP contribution in [0.1, 0.15) is 24.8 Å². The minimum Gasteiger partial charge on any atom is -0.493 e. The highest BCUT2D eigenvalue weighted by Crippen LogP contribution is 2.52. The molecule has 0 unspecified atom stereocenters. The molecule has 1 aliphatic rings. The summed E-state index contributed by atoms with van der Waals surface area (Å²) in [6.07, 6.45) is 4.30. The van der Waals surface area contributed by atoms with Gasteiger partial charge in [0.25, 0.3) is 0 Å². The lowest BCUT2D eigenvalue weighted by atomic mass is 9.92. The first kappa shape index (κ1) is 11.4. The summed E-state index contributed by atoms with van der Waals surface area (Å²) >= 11 is 0. The summed E-state index contributed by atoms with van der Waals surface area (Å²) in [7, 11) is 1.52. The van der Waals surface area contributed by atoms with E-state index >= 15 is 0 Å². The van der Waals surface area contributed by atoms with Crippen LogP contribution in [-0.4, -0.2) is 13.7 Å². The van der Waals surface area contributed by atoms with Crippen molar-refractivity contribution in [3.63, 3.8) is 0 Å². The zero-order valence-corrected chi connectivity index (χ0v) is 9.63. The van der Waals surface area contributed by atoms with Crippen molar-refractivity contribution in [2.24, 2.45) is 11.1 Å². The lowest BCUT2D eigenvalue weighted by Gasteiger charge is -2.16. The zero-order valence-electron chi connectivity index (χ0n) is 9.63. The SMILES string of the molecule is COc1c(F)cccc1CC1(CCN)CC1. The molecule has 16 heavy (non-hydrogen) atoms. The Kier molecular flexibility index (Phi) is 3.15. The normalized spacial score (nSPS) is 17.2. The van der Waals surface area contributed by atoms with E-state index in [9.17, 15) is 4.39 Å². The van der Waals surface area contributed by atoms with Crippen LogP contribution in [0.5, 0.6) is 5.75 Å². The summed E-state index contributed by atoms with van der Waals surface area (Å²) in [5, 5.41) is 0. The molecule has 2 nitrogen and oxygen atoms in total. The summed E-state index contributed by atoms with van der Waals surface area (Å²) in [6, 6.07) is 5.12. The molecule has 2 N–H and O–H groups in total. The summed E-state index contributed by atoms with van der Waals surface area (Å²) < 4.78 is 18.6. The Labute approximate surface area is 95.6 Å². The molecule has 0 aromatic heterocycles. The molecular weight excluding hydrogens is 205 g/mol. The molecule has 0 bridgehead atoms. The van der Waals surface area contributed by atoms with Crippen LogP contribution in [0.15, 0.2) is 18.2 Å². The maximum atomic E-state index is 13.5. The molecule has 1 aromatic carbocycles. The molecule has 0 spiro atoms. The summed E-state index contributed by atoms with van der Waals surface area (Å²) in [5.41, 5.74) is 6.88. The van der Waals surface area contributed by atoms with Gasteiger partial charge in [-0.1, -0.05) is 12.1 Å². The number of benzene rings is 1. The standard InChI is InChI=1S/C13H18FNO/c1-16-12-10(3-2-4-11(12)14)9-13(5-6-13)7-8-15/h2-4H,5-9,15H2,1H3. The van der Waals surface area contributed by atoms with E-state index in [0.717, 1.165) is 18.4 Å². The summed E-state index contributed by atoms with van der Waals surface area (Å²) in [5.74, 6) is 0.120. The molecule has 2 rings (SSSR count). The first-order chi connectivity index (χ1) is 7.71. The molecule has 0 aliphatic heterocycles. The van der Waals surface area contributed by atoms with Gasteiger partial charge in [0.1, 0.15) is 0 Å². The number of halogens is 1. The third kappa shape index (κ3) is 2.19. The van der Waals surface area contributed by atoms with Crippen LogP contribution in [0.25, 0.3) is 0 Å². The van der Waals surface area contributed by atoms with Gasteiger partial charge in [0.05, 0.1) is 7.11 Å². The van der Waals surface area contributed by atoms with Crippen LogP contribution in [-0.2, 0) is 6.42 Å². The van der Waals surface area contributed by atoms with Crippen LogP contribution in [0, 0.1) is 11.2 Å². The molecule has 0 atom stereocenters. The molecular formula is C13H18FNO. The van der Waals surface area contributed by atoms with Gasteiger partial charge < -0.3 is 10.5 Å². The quantitative estimate of drug-likeness (QED) is 0.832. The van der Waals surface area contributed by atoms with Crippen molar-refractivity contribution in [2.75, 3.05) is 13.7 Å². The molecule has 0 amide bonds. The van der Waals surface area contributed by atoms with E-state index in [-0.39, 0.29) is 5.82 Å². The van der Waals surface area contributed by atoms with E-state index in [1.807, 2.05) is 6.07 Å². The van der Waals surface area contributed by atoms with Gasteiger partial charge in [0.15, 0.2) is 11.6 Å². The second-order valence-electron chi connectivity index (χ2n) is 4.65. The Hall–Kier alpha value is -1.09. The predicted molar refractivity (Wildman–Crippen MR) is 62.0 cm³/mol. The van der Waals surface area contributed by atoms with Crippen LogP contribution in [0.4, 0.5) is 4.39 Å². The van der Waals surface area contributed by atoms with Gasteiger partial charge >= 0.3 is 0 Å². The summed E-state index contributed by atoms with van der Waals surface area (Å²) in [4.78, 5) is 0. The van der Waals surface area contributed by atoms with Crippen molar-refractivity contribution in [3.8, 4) is 5.75 Å². The van der Waals surface area contributed by atoms with Gasteiger partial charge in [-0.15, -0.1) is 0 Å². The van der Waals surface area contributed by atoms with E-state index in [1.165, 1.54) is 26.0 Å². The molecule has 0 radical (unpaired) electrons. The fourth-order valence-corrected chi connectivity index (χ4v) is 2.32. The smallest absolute Gasteiger partial charge is 0.165 e. The third-order valence-electron chi connectivity index (χ3n) is 3.45. The number of hydrogen-bond acceptors (Lipinski definition) is 2. The van der Waals surface area contributed by atoms with Gasteiger partial charge in [-0.3, -0.25) is 0 Å². The maximum absolute atomic E-state index is 13.5. The van der Waals surface area contributed by atoms with E-state index < -0.39 is 0 Å². The van der Waals surface area contributed by atoms with Crippen molar-refractivity contribution < 1.29 is 9.13 Å². The topological polar surface area (TPSA) is 35.2 Å². The number of rotatable bonds is 5. The van der Waals surface area contributed by atoms with Gasteiger partial charge in [-0.2, -0.15) is 0 Å². The van der Waals surface area contributed by atoms with Crippen LogP contribution in [0.3, 0.4) is 0 Å². The first-order valence-corrected chi connectivity index (χ1v) is 5.72. The van der Waals surface area contributed by atoms with Crippen molar-refractivity contribution in [1.29, 1.82) is 0 Å². The van der Waals surface area contributed by atoms with Crippen molar-refractivity contribution in [1.82, 2.24) is 0 Å². The van der Waals surface area contributed by atoms with Gasteiger partial charge in [-0.05, 0) is 49.3 Å². The average Bonchev–Trinajstić information content (AvgIpc) is 2.99. The van der Waals surface area contributed by atoms with E-state index in [0.29, 0.717) is 17.7 Å². The first-order valence-electron chi connectivity index (χ1n) is 5.72. The van der Waals surface area contributed by atoms with Crippen molar-refractivity contribution in [2.45, 2.75) is 25.7 Å². The monoisotopic (exact) mass is 223 g/mol. The lowest BCUT2D eigenvalue weighted by molar-refractivity contribution is 0.372. The minimum atomic E-state index is -0.274. The number of methoxy groups -OCH3 is 1. The Morgan fingerprint density at radius 2 is 2.19 bits per heavy atom. The van der Waals surface area contributed by atoms with Gasteiger partial charge in [0.2, 0.25) is 0 Å². The van der Waals surface area contributed by atoms with E-state index in [1.54, 1.807) is 6.07 Å². The second kappa shape index (κ2) is 4.42. The van der Waals surface area contributed by atoms with Crippen molar-refractivity contribution >= 4 is 0 Å². The van der Waals surface area contributed by atoms with E-state index in [4.69, 9.17) is 10.5 Å². The highest BCUT2D eigenvalue weighted by atomic mass is 19.1. The number of ether oxygens (including phenoxy) is 1. The molecule has 1 aliphatic carbocycles. The molecule has 0 heterocycles. The van der Waals surface area contributed by atoms with E-state index in [2.05, 4.69) is 0 Å². The Balaban J connectivity index is 2.18. The minimum absolute atomic E-state index is 0.274.